The number of carboxylic acid groups (broad SMARTS) is 1. The summed E-state index contributed by atoms with van der Waals surface area (Å²) in [7, 11) is 0. The monoisotopic (exact) mass is 271 g/mol. The average molecular weight is 271 g/mol. The van der Waals surface area contributed by atoms with Crippen LogP contribution in [0.25, 0.3) is 0 Å². The molecule has 1 N–H and O–H groups in total. The summed E-state index contributed by atoms with van der Waals surface area (Å²) in [4.78, 5) is 24.5. The predicted octanol–water partition coefficient (Wildman–Crippen LogP) is 0.648. The normalized spacial score (nSPS) is 28.1. The van der Waals surface area contributed by atoms with Crippen LogP contribution in [0.5, 0.6) is 0 Å². The van der Waals surface area contributed by atoms with Crippen LogP contribution in [-0.2, 0) is 19.1 Å². The summed E-state index contributed by atoms with van der Waals surface area (Å²) in [5.74, 6) is -1.00. The van der Waals surface area contributed by atoms with Crippen molar-refractivity contribution in [2.45, 2.75) is 44.3 Å². The van der Waals surface area contributed by atoms with E-state index in [1.807, 2.05) is 0 Å². The minimum Gasteiger partial charge on any atom is -0.479 e. The molecule has 108 valence electrons. The highest BCUT2D eigenvalue weighted by atomic mass is 16.5. The van der Waals surface area contributed by atoms with Crippen molar-refractivity contribution >= 4 is 11.9 Å². The molecule has 0 bridgehead atoms. The molecule has 0 saturated carbocycles. The zero-order valence-electron chi connectivity index (χ0n) is 11.0. The number of hydrogen-bond donors (Lipinski definition) is 1. The third kappa shape index (κ3) is 4.18. The summed E-state index contributed by atoms with van der Waals surface area (Å²) in [6.45, 7) is 1.72. The first kappa shape index (κ1) is 14.3. The van der Waals surface area contributed by atoms with Gasteiger partial charge >= 0.3 is 5.97 Å². The number of carboxylic acids is 1. The largest absolute Gasteiger partial charge is 0.479 e. The number of amides is 1. The van der Waals surface area contributed by atoms with Crippen LogP contribution in [0.4, 0.5) is 0 Å². The quantitative estimate of drug-likeness (QED) is 0.812. The van der Waals surface area contributed by atoms with Gasteiger partial charge in [-0.2, -0.15) is 0 Å². The second-order valence-electron chi connectivity index (χ2n) is 5.06. The number of morpholine rings is 1. The second kappa shape index (κ2) is 6.86. The summed E-state index contributed by atoms with van der Waals surface area (Å²) >= 11 is 0. The topological polar surface area (TPSA) is 76.1 Å². The molecule has 6 nitrogen and oxygen atoms in total. The van der Waals surface area contributed by atoms with Crippen LogP contribution in [-0.4, -0.2) is 60.4 Å². The first-order chi connectivity index (χ1) is 9.16. The molecule has 0 aromatic heterocycles. The highest BCUT2D eigenvalue weighted by molar-refractivity contribution is 5.78. The van der Waals surface area contributed by atoms with Crippen molar-refractivity contribution in [3.05, 3.63) is 0 Å². The van der Waals surface area contributed by atoms with Gasteiger partial charge in [-0.25, -0.2) is 4.79 Å². The van der Waals surface area contributed by atoms with Crippen molar-refractivity contribution in [1.82, 2.24) is 4.90 Å². The molecule has 6 heteroatoms. The first-order valence-corrected chi connectivity index (χ1v) is 6.90. The third-order valence-corrected chi connectivity index (χ3v) is 3.65. The van der Waals surface area contributed by atoms with Crippen molar-refractivity contribution in [2.24, 2.45) is 0 Å². The highest BCUT2D eigenvalue weighted by Crippen LogP contribution is 2.18. The molecule has 0 aromatic rings. The van der Waals surface area contributed by atoms with E-state index in [1.54, 1.807) is 4.90 Å². The van der Waals surface area contributed by atoms with Gasteiger partial charge in [-0.05, 0) is 25.7 Å². The van der Waals surface area contributed by atoms with E-state index < -0.39 is 12.1 Å². The fourth-order valence-electron chi connectivity index (χ4n) is 2.50. The van der Waals surface area contributed by atoms with Crippen molar-refractivity contribution in [2.75, 3.05) is 26.3 Å². The Hall–Kier alpha value is -1.14. The number of nitrogens with zero attached hydrogens (tertiary/aromatic N) is 1. The van der Waals surface area contributed by atoms with Crippen LogP contribution in [0.15, 0.2) is 0 Å². The molecule has 2 atom stereocenters. The molecule has 2 saturated heterocycles. The van der Waals surface area contributed by atoms with Crippen molar-refractivity contribution in [3.8, 4) is 0 Å². The van der Waals surface area contributed by atoms with E-state index in [-0.39, 0.29) is 18.6 Å². The van der Waals surface area contributed by atoms with Crippen LogP contribution < -0.4 is 0 Å². The Morgan fingerprint density at radius 1 is 1.21 bits per heavy atom. The molecule has 2 heterocycles. The van der Waals surface area contributed by atoms with Gasteiger partial charge in [-0.15, -0.1) is 0 Å². The van der Waals surface area contributed by atoms with E-state index in [0.717, 1.165) is 32.3 Å². The summed E-state index contributed by atoms with van der Waals surface area (Å²) < 4.78 is 10.7. The molecule has 19 heavy (non-hydrogen) atoms. The summed E-state index contributed by atoms with van der Waals surface area (Å²) in [6.07, 6.45) is 3.75. The zero-order chi connectivity index (χ0) is 13.7. The Labute approximate surface area is 112 Å². The summed E-state index contributed by atoms with van der Waals surface area (Å²) in [5, 5.41) is 8.89. The van der Waals surface area contributed by atoms with E-state index in [1.165, 1.54) is 0 Å². The van der Waals surface area contributed by atoms with Gasteiger partial charge < -0.3 is 19.5 Å². The molecule has 2 aliphatic heterocycles. The van der Waals surface area contributed by atoms with E-state index >= 15 is 0 Å². The third-order valence-electron chi connectivity index (χ3n) is 3.65. The standard InChI is InChI=1S/C13H21NO5/c15-12(5-4-10-3-1-2-7-18-10)14-6-8-19-11(9-14)13(16)17/h10-11H,1-9H2,(H,16,17)/t10-,11+/m0/s1. The molecular formula is C13H21NO5. The van der Waals surface area contributed by atoms with E-state index in [4.69, 9.17) is 14.6 Å². The average Bonchev–Trinajstić information content (AvgIpc) is 2.46. The van der Waals surface area contributed by atoms with Crippen LogP contribution in [0, 0.1) is 0 Å². The van der Waals surface area contributed by atoms with Crippen LogP contribution >= 0.6 is 0 Å². The Morgan fingerprint density at radius 2 is 2.05 bits per heavy atom. The second-order valence-corrected chi connectivity index (χ2v) is 5.06. The van der Waals surface area contributed by atoms with E-state index in [0.29, 0.717) is 19.6 Å². The van der Waals surface area contributed by atoms with Crippen molar-refractivity contribution in [3.63, 3.8) is 0 Å². The van der Waals surface area contributed by atoms with Crippen molar-refractivity contribution in [1.29, 1.82) is 0 Å². The lowest BCUT2D eigenvalue weighted by Crippen LogP contribution is -2.48. The number of ether oxygens (including phenoxy) is 2. The van der Waals surface area contributed by atoms with Crippen LogP contribution in [0.3, 0.4) is 0 Å². The zero-order valence-corrected chi connectivity index (χ0v) is 11.0. The van der Waals surface area contributed by atoms with Gasteiger partial charge in [0, 0.05) is 19.6 Å². The number of aliphatic carboxylic acids is 1. The van der Waals surface area contributed by atoms with Crippen molar-refractivity contribution < 1.29 is 24.2 Å². The number of rotatable bonds is 4. The molecule has 2 aliphatic rings. The molecule has 0 radical (unpaired) electrons. The molecular weight excluding hydrogens is 250 g/mol. The molecule has 2 fully saturated rings. The minimum atomic E-state index is -1.01. The van der Waals surface area contributed by atoms with Crippen LogP contribution in [0.2, 0.25) is 0 Å². The lowest BCUT2D eigenvalue weighted by molar-refractivity contribution is -0.159. The fourth-order valence-corrected chi connectivity index (χ4v) is 2.50. The van der Waals surface area contributed by atoms with E-state index in [9.17, 15) is 9.59 Å². The highest BCUT2D eigenvalue weighted by Gasteiger charge is 2.29. The SMILES string of the molecule is O=C(O)[C@H]1CN(C(=O)CC[C@@H]2CCCCO2)CCO1. The minimum absolute atomic E-state index is 0.00345. The van der Waals surface area contributed by atoms with Gasteiger partial charge in [0.25, 0.3) is 0 Å². The van der Waals surface area contributed by atoms with Gasteiger partial charge in [-0.3, -0.25) is 4.79 Å². The molecule has 1 amide bonds. The Bertz CT molecular complexity index is 327. The van der Waals surface area contributed by atoms with Gasteiger partial charge in [0.1, 0.15) is 0 Å². The number of hydrogen-bond acceptors (Lipinski definition) is 4. The fraction of sp³-hybridized carbons (Fsp3) is 0.846. The molecule has 0 aliphatic carbocycles. The predicted molar refractivity (Wildman–Crippen MR) is 66.8 cm³/mol. The summed E-state index contributed by atoms with van der Waals surface area (Å²) in [6, 6.07) is 0. The number of carbonyl (C=O) groups is 2. The Morgan fingerprint density at radius 3 is 2.74 bits per heavy atom. The van der Waals surface area contributed by atoms with Gasteiger partial charge in [-0.1, -0.05) is 0 Å². The smallest absolute Gasteiger partial charge is 0.334 e. The molecule has 0 spiro atoms. The van der Waals surface area contributed by atoms with Gasteiger partial charge in [0.05, 0.1) is 19.3 Å². The first-order valence-electron chi connectivity index (χ1n) is 6.90. The van der Waals surface area contributed by atoms with Crippen LogP contribution in [0.1, 0.15) is 32.1 Å². The maximum absolute atomic E-state index is 12.0. The lowest BCUT2D eigenvalue weighted by atomic mass is 10.0. The van der Waals surface area contributed by atoms with E-state index in [2.05, 4.69) is 0 Å². The maximum atomic E-state index is 12.0. The van der Waals surface area contributed by atoms with Gasteiger partial charge in [0.15, 0.2) is 6.10 Å². The summed E-state index contributed by atoms with van der Waals surface area (Å²) in [5.41, 5.74) is 0. The molecule has 0 unspecified atom stereocenters. The Kier molecular flexibility index (Phi) is 5.15. The van der Waals surface area contributed by atoms with Gasteiger partial charge in [0.2, 0.25) is 5.91 Å². The molecule has 0 aromatic carbocycles. The maximum Gasteiger partial charge on any atom is 0.334 e. The Balaban J connectivity index is 1.74. The lowest BCUT2D eigenvalue weighted by Gasteiger charge is -2.31. The number of carbonyl (C=O) groups excluding carboxylic acids is 1. The molecule has 2 rings (SSSR count).